The summed E-state index contributed by atoms with van der Waals surface area (Å²) in [6.45, 7) is 0. The molecule has 1 heterocycles. The number of nitrogens with zero attached hydrogens (tertiary/aromatic N) is 1. The fraction of sp³-hybridized carbons (Fsp3) is 0. The topological polar surface area (TPSA) is 50.2 Å². The lowest BCUT2D eigenvalue weighted by atomic mass is 10.1. The van der Waals surface area contributed by atoms with Crippen molar-refractivity contribution in [3.63, 3.8) is 0 Å². The number of fused-ring (bicyclic) bond motifs is 1. The van der Waals surface area contributed by atoms with Crippen LogP contribution in [0.3, 0.4) is 0 Å². The van der Waals surface area contributed by atoms with E-state index in [1.54, 1.807) is 24.5 Å². The third-order valence-electron chi connectivity index (χ3n) is 1.99. The molecule has 0 amide bonds. The van der Waals surface area contributed by atoms with Gasteiger partial charge in [-0.05, 0) is 27.4 Å². The number of aromatic nitrogens is 1. The average molecular weight is 252 g/mol. The third kappa shape index (κ3) is 1.37. The highest BCUT2D eigenvalue weighted by atomic mass is 79.9. The van der Waals surface area contributed by atoms with Crippen LogP contribution in [0.2, 0.25) is 0 Å². The Morgan fingerprint density at radius 3 is 2.79 bits per heavy atom. The van der Waals surface area contributed by atoms with Crippen molar-refractivity contribution >= 4 is 32.7 Å². The second-order valence-corrected chi connectivity index (χ2v) is 3.68. The van der Waals surface area contributed by atoms with Crippen LogP contribution in [0.15, 0.2) is 35.1 Å². The molecular weight excluding hydrogens is 246 g/mol. The largest absolute Gasteiger partial charge is 0.478 e. The Kier molecular flexibility index (Phi) is 2.21. The first-order valence-corrected chi connectivity index (χ1v) is 4.75. The van der Waals surface area contributed by atoms with Crippen LogP contribution in [-0.4, -0.2) is 16.1 Å². The summed E-state index contributed by atoms with van der Waals surface area (Å²) >= 11 is 3.32. The molecule has 0 fully saturated rings. The highest BCUT2D eigenvalue weighted by molar-refractivity contribution is 9.10. The van der Waals surface area contributed by atoms with E-state index in [4.69, 9.17) is 5.11 Å². The summed E-state index contributed by atoms with van der Waals surface area (Å²) in [4.78, 5) is 14.8. The van der Waals surface area contributed by atoms with Crippen LogP contribution >= 0.6 is 15.9 Å². The van der Waals surface area contributed by atoms with Gasteiger partial charge in [0.2, 0.25) is 0 Å². The first-order valence-electron chi connectivity index (χ1n) is 3.95. The molecule has 0 aliphatic carbocycles. The average Bonchev–Trinajstić information content (AvgIpc) is 2.17. The maximum atomic E-state index is 10.9. The van der Waals surface area contributed by atoms with Crippen molar-refractivity contribution in [3.8, 4) is 0 Å². The van der Waals surface area contributed by atoms with Crippen LogP contribution in [0.25, 0.3) is 10.8 Å². The van der Waals surface area contributed by atoms with Gasteiger partial charge in [0.25, 0.3) is 0 Å². The molecule has 1 aromatic carbocycles. The number of pyridine rings is 1. The Morgan fingerprint density at radius 1 is 1.29 bits per heavy atom. The zero-order chi connectivity index (χ0) is 10.1. The summed E-state index contributed by atoms with van der Waals surface area (Å²) in [6.07, 6.45) is 3.21. The Bertz CT molecular complexity index is 510. The summed E-state index contributed by atoms with van der Waals surface area (Å²) < 4.78 is 0.804. The van der Waals surface area contributed by atoms with Gasteiger partial charge in [0.05, 0.1) is 5.56 Å². The molecule has 0 saturated heterocycles. The van der Waals surface area contributed by atoms with Crippen molar-refractivity contribution in [1.82, 2.24) is 4.98 Å². The first kappa shape index (κ1) is 9.15. The molecule has 2 rings (SSSR count). The highest BCUT2D eigenvalue weighted by Crippen LogP contribution is 2.24. The van der Waals surface area contributed by atoms with Crippen molar-refractivity contribution in [1.29, 1.82) is 0 Å². The van der Waals surface area contributed by atoms with Gasteiger partial charge in [-0.15, -0.1) is 0 Å². The Balaban J connectivity index is 2.88. The minimum atomic E-state index is -0.935. The zero-order valence-electron chi connectivity index (χ0n) is 7.07. The van der Waals surface area contributed by atoms with Crippen LogP contribution < -0.4 is 0 Å². The van der Waals surface area contributed by atoms with E-state index in [0.717, 1.165) is 9.86 Å². The monoisotopic (exact) mass is 251 g/mol. The fourth-order valence-electron chi connectivity index (χ4n) is 1.35. The number of carboxylic acid groups (broad SMARTS) is 1. The van der Waals surface area contributed by atoms with E-state index < -0.39 is 5.97 Å². The van der Waals surface area contributed by atoms with Gasteiger partial charge in [0.1, 0.15) is 0 Å². The molecule has 70 valence electrons. The van der Waals surface area contributed by atoms with Gasteiger partial charge in [0, 0.05) is 22.3 Å². The van der Waals surface area contributed by atoms with Gasteiger partial charge in [-0.25, -0.2) is 4.79 Å². The minimum Gasteiger partial charge on any atom is -0.478 e. The number of hydrogen-bond acceptors (Lipinski definition) is 2. The lowest BCUT2D eigenvalue weighted by Crippen LogP contribution is -1.97. The summed E-state index contributed by atoms with van der Waals surface area (Å²) in [5.74, 6) is -0.935. The number of halogens is 1. The maximum absolute atomic E-state index is 10.9. The summed E-state index contributed by atoms with van der Waals surface area (Å²) in [7, 11) is 0. The molecule has 0 atom stereocenters. The van der Waals surface area contributed by atoms with Gasteiger partial charge in [-0.3, -0.25) is 4.98 Å². The van der Waals surface area contributed by atoms with Crippen LogP contribution in [0.5, 0.6) is 0 Å². The molecule has 3 nitrogen and oxygen atoms in total. The van der Waals surface area contributed by atoms with Gasteiger partial charge < -0.3 is 5.11 Å². The van der Waals surface area contributed by atoms with Gasteiger partial charge in [0.15, 0.2) is 0 Å². The molecule has 1 aromatic heterocycles. The Morgan fingerprint density at radius 2 is 2.07 bits per heavy atom. The summed E-state index contributed by atoms with van der Waals surface area (Å²) in [6, 6.07) is 5.14. The highest BCUT2D eigenvalue weighted by Gasteiger charge is 2.08. The molecule has 0 aliphatic rings. The lowest BCUT2D eigenvalue weighted by Gasteiger charge is -2.02. The second-order valence-electron chi connectivity index (χ2n) is 2.83. The Hall–Kier alpha value is -1.42. The standard InChI is InChI=1S/C10H6BrNO2/c11-9-5-12-4-8-6(9)2-1-3-7(8)10(13)14/h1-5H,(H,13,14). The molecule has 4 heteroatoms. The molecule has 0 spiro atoms. The van der Waals surface area contributed by atoms with Crippen molar-refractivity contribution in [3.05, 3.63) is 40.6 Å². The molecule has 2 aromatic rings. The van der Waals surface area contributed by atoms with Gasteiger partial charge in [-0.2, -0.15) is 0 Å². The van der Waals surface area contributed by atoms with Crippen LogP contribution in [-0.2, 0) is 0 Å². The summed E-state index contributed by atoms with van der Waals surface area (Å²) in [5, 5.41) is 10.4. The number of hydrogen-bond donors (Lipinski definition) is 1. The normalized spacial score (nSPS) is 10.4. The second kappa shape index (κ2) is 3.38. The number of aromatic carboxylic acids is 1. The number of carbonyl (C=O) groups is 1. The number of rotatable bonds is 1. The zero-order valence-corrected chi connectivity index (χ0v) is 8.65. The molecule has 0 radical (unpaired) electrons. The van der Waals surface area contributed by atoms with E-state index in [2.05, 4.69) is 20.9 Å². The van der Waals surface area contributed by atoms with Gasteiger partial charge in [-0.1, -0.05) is 12.1 Å². The first-order chi connectivity index (χ1) is 6.70. The predicted octanol–water partition coefficient (Wildman–Crippen LogP) is 2.70. The van der Waals surface area contributed by atoms with E-state index in [1.807, 2.05) is 6.07 Å². The van der Waals surface area contributed by atoms with E-state index >= 15 is 0 Å². The van der Waals surface area contributed by atoms with Gasteiger partial charge >= 0.3 is 5.97 Å². The Labute approximate surface area is 88.5 Å². The third-order valence-corrected chi connectivity index (χ3v) is 2.62. The maximum Gasteiger partial charge on any atom is 0.336 e. The molecule has 0 unspecified atom stereocenters. The fourth-order valence-corrected chi connectivity index (χ4v) is 1.81. The molecule has 0 saturated carbocycles. The van der Waals surface area contributed by atoms with Crippen LogP contribution in [0.1, 0.15) is 10.4 Å². The minimum absolute atomic E-state index is 0.274. The molecule has 1 N–H and O–H groups in total. The SMILES string of the molecule is O=C(O)c1cccc2c(Br)cncc12. The van der Waals surface area contributed by atoms with E-state index in [0.29, 0.717) is 5.39 Å². The van der Waals surface area contributed by atoms with Crippen LogP contribution in [0.4, 0.5) is 0 Å². The number of carboxylic acids is 1. The predicted molar refractivity (Wildman–Crippen MR) is 56.4 cm³/mol. The van der Waals surface area contributed by atoms with E-state index in [1.165, 1.54) is 0 Å². The van der Waals surface area contributed by atoms with Crippen molar-refractivity contribution in [2.24, 2.45) is 0 Å². The molecule has 0 bridgehead atoms. The molecule has 0 aliphatic heterocycles. The van der Waals surface area contributed by atoms with E-state index in [9.17, 15) is 4.79 Å². The number of benzene rings is 1. The summed E-state index contributed by atoms with van der Waals surface area (Å²) in [5.41, 5.74) is 0.274. The van der Waals surface area contributed by atoms with Crippen molar-refractivity contribution in [2.75, 3.05) is 0 Å². The van der Waals surface area contributed by atoms with Crippen molar-refractivity contribution in [2.45, 2.75) is 0 Å². The quantitative estimate of drug-likeness (QED) is 0.848. The van der Waals surface area contributed by atoms with Crippen LogP contribution in [0, 0.1) is 0 Å². The molecular formula is C10H6BrNO2. The molecule has 14 heavy (non-hydrogen) atoms. The smallest absolute Gasteiger partial charge is 0.336 e. The van der Waals surface area contributed by atoms with E-state index in [-0.39, 0.29) is 5.56 Å². The lowest BCUT2D eigenvalue weighted by molar-refractivity contribution is 0.0699. The van der Waals surface area contributed by atoms with Crippen molar-refractivity contribution < 1.29 is 9.90 Å².